The van der Waals surface area contributed by atoms with Crippen LogP contribution in [0.15, 0.2) is 30.5 Å². The number of pyridine rings is 1. The second kappa shape index (κ2) is 11.3. The molecule has 2 unspecified atom stereocenters. The number of fused-ring (bicyclic) bond motifs is 4. The Bertz CT molecular complexity index is 1880. The molecule has 3 atom stereocenters. The van der Waals surface area contributed by atoms with Crippen LogP contribution in [0.3, 0.4) is 0 Å². The van der Waals surface area contributed by atoms with Gasteiger partial charge in [0, 0.05) is 60.8 Å². The number of hydrogen-bond donors (Lipinski definition) is 2. The Kier molecular flexibility index (Phi) is 7.18. The van der Waals surface area contributed by atoms with Crippen LogP contribution in [0.5, 0.6) is 11.8 Å². The number of phenols is 1. The van der Waals surface area contributed by atoms with Crippen molar-refractivity contribution in [3.63, 3.8) is 0 Å². The van der Waals surface area contributed by atoms with E-state index in [1.54, 1.807) is 0 Å². The van der Waals surface area contributed by atoms with Gasteiger partial charge in [0.2, 0.25) is 0 Å². The maximum absolute atomic E-state index is 16.8. The summed E-state index contributed by atoms with van der Waals surface area (Å²) in [6.07, 6.45) is 11.9. The van der Waals surface area contributed by atoms with Crippen LogP contribution in [0, 0.1) is 29.4 Å². The van der Waals surface area contributed by atoms with Crippen LogP contribution in [0.1, 0.15) is 44.1 Å². The molecule has 0 amide bonds. The molecular formula is C35H35F3N6O2. The van der Waals surface area contributed by atoms with Crippen LogP contribution in [0.25, 0.3) is 32.9 Å². The number of piperazine rings is 1. The van der Waals surface area contributed by atoms with E-state index in [9.17, 15) is 13.9 Å². The van der Waals surface area contributed by atoms with E-state index in [4.69, 9.17) is 16.1 Å². The Balaban J connectivity index is 1.21. The lowest BCUT2D eigenvalue weighted by molar-refractivity contribution is 0.0974. The number of nitrogens with one attached hydrogen (secondary N) is 1. The van der Waals surface area contributed by atoms with Crippen LogP contribution in [-0.4, -0.2) is 82.5 Å². The fourth-order valence-electron chi connectivity index (χ4n) is 7.60. The number of piperidine rings is 1. The number of benzene rings is 2. The maximum atomic E-state index is 16.8. The highest BCUT2D eigenvalue weighted by Crippen LogP contribution is 2.47. The first-order chi connectivity index (χ1) is 22.3. The minimum Gasteiger partial charge on any atom is -0.508 e. The Morgan fingerprint density at radius 2 is 1.89 bits per heavy atom. The smallest absolute Gasteiger partial charge is 0.319 e. The number of phenolic OH excluding ortho intramolecular Hbond substituents is 1. The number of hydrogen-bond acceptors (Lipinski definition) is 8. The van der Waals surface area contributed by atoms with Crippen molar-refractivity contribution in [1.82, 2.24) is 25.2 Å². The van der Waals surface area contributed by atoms with Gasteiger partial charge in [-0.1, -0.05) is 12.0 Å². The number of nitrogens with zero attached hydrogens (tertiary/aromatic N) is 5. The van der Waals surface area contributed by atoms with E-state index in [-0.39, 0.29) is 44.9 Å². The molecule has 1 saturated carbocycles. The van der Waals surface area contributed by atoms with Crippen molar-refractivity contribution >= 4 is 27.5 Å². The van der Waals surface area contributed by atoms with Crippen LogP contribution < -0.4 is 15.0 Å². The second-order valence-corrected chi connectivity index (χ2v) is 13.5. The molecule has 3 saturated heterocycles. The standard InChI is InChI=1S/C35H35F3N6O2/c1-2-25-28(37)8-5-20-12-24(45)13-26(29(20)25)31-30(38)32-27(14-39-31)33(44-16-22-6-7-23(17-44)40-22)42-34(41-32)46-19-35(9-10-35)18-43-11-3-4-21(36)15-43/h1,5,8,12-14,21-23,40,45H,3-4,6-7,9-11,15-19H2/t21-,22?,23?/m1/s1. The minimum absolute atomic E-state index is 0.0205. The van der Waals surface area contributed by atoms with E-state index < -0.39 is 17.8 Å². The monoisotopic (exact) mass is 628 g/mol. The van der Waals surface area contributed by atoms with E-state index in [0.29, 0.717) is 61.3 Å². The summed E-state index contributed by atoms with van der Waals surface area (Å²) in [5.41, 5.74) is -0.0838. The van der Waals surface area contributed by atoms with E-state index in [1.807, 2.05) is 0 Å². The Labute approximate surface area is 265 Å². The number of alkyl halides is 1. The summed E-state index contributed by atoms with van der Waals surface area (Å²) >= 11 is 0. The average molecular weight is 629 g/mol. The third-order valence-corrected chi connectivity index (χ3v) is 10.1. The highest BCUT2D eigenvalue weighted by molar-refractivity contribution is 6.03. The first-order valence-electron chi connectivity index (χ1n) is 16.1. The van der Waals surface area contributed by atoms with Crippen LogP contribution >= 0.6 is 0 Å². The van der Waals surface area contributed by atoms with Gasteiger partial charge in [0.15, 0.2) is 5.82 Å². The topological polar surface area (TPSA) is 86.6 Å². The van der Waals surface area contributed by atoms with E-state index in [2.05, 4.69) is 31.0 Å². The van der Waals surface area contributed by atoms with Crippen molar-refractivity contribution in [2.75, 3.05) is 44.2 Å². The summed E-state index contributed by atoms with van der Waals surface area (Å²) in [4.78, 5) is 18.2. The molecule has 5 heterocycles. The fraction of sp³-hybridized carbons (Fsp3) is 0.457. The Morgan fingerprint density at radius 1 is 1.09 bits per heavy atom. The molecule has 4 aromatic rings. The molecule has 8 rings (SSSR count). The Morgan fingerprint density at radius 3 is 2.63 bits per heavy atom. The van der Waals surface area contributed by atoms with E-state index in [1.165, 1.54) is 30.5 Å². The molecule has 2 aromatic carbocycles. The van der Waals surface area contributed by atoms with Crippen molar-refractivity contribution in [1.29, 1.82) is 0 Å². The van der Waals surface area contributed by atoms with Crippen molar-refractivity contribution in [3.05, 3.63) is 47.7 Å². The summed E-state index contributed by atoms with van der Waals surface area (Å²) < 4.78 is 51.9. The van der Waals surface area contributed by atoms with Crippen molar-refractivity contribution in [2.24, 2.45) is 5.41 Å². The summed E-state index contributed by atoms with van der Waals surface area (Å²) in [6.45, 7) is 3.82. The number of terminal acetylenes is 1. The van der Waals surface area contributed by atoms with Crippen LogP contribution in [0.4, 0.5) is 19.0 Å². The van der Waals surface area contributed by atoms with Gasteiger partial charge in [0.05, 0.1) is 17.6 Å². The molecule has 3 aliphatic heterocycles. The zero-order valence-corrected chi connectivity index (χ0v) is 25.4. The average Bonchev–Trinajstić information content (AvgIpc) is 3.73. The molecule has 2 bridgehead atoms. The van der Waals surface area contributed by atoms with Gasteiger partial charge >= 0.3 is 6.01 Å². The molecule has 4 aliphatic rings. The summed E-state index contributed by atoms with van der Waals surface area (Å²) in [5.74, 6) is 1.42. The number of ether oxygens (including phenoxy) is 1. The predicted octanol–water partition coefficient (Wildman–Crippen LogP) is 5.34. The maximum Gasteiger partial charge on any atom is 0.319 e. The molecule has 46 heavy (non-hydrogen) atoms. The zero-order chi connectivity index (χ0) is 31.6. The number of anilines is 1. The lowest BCUT2D eigenvalue weighted by Gasteiger charge is -2.34. The molecule has 0 radical (unpaired) electrons. The molecule has 0 spiro atoms. The number of aromatic hydroxyl groups is 1. The van der Waals surface area contributed by atoms with E-state index >= 15 is 4.39 Å². The number of likely N-dealkylation sites (tertiary alicyclic amines) is 1. The zero-order valence-electron chi connectivity index (χ0n) is 25.4. The molecular weight excluding hydrogens is 593 g/mol. The molecule has 11 heteroatoms. The first-order valence-corrected chi connectivity index (χ1v) is 16.1. The third-order valence-electron chi connectivity index (χ3n) is 10.1. The highest BCUT2D eigenvalue weighted by Gasteiger charge is 2.45. The SMILES string of the molecule is C#Cc1c(F)ccc2cc(O)cc(-c3ncc4c(N5CC6CCC(C5)N6)nc(OCC5(CN6CCC[C@@H](F)C6)CC5)nc4c3F)c12. The number of aromatic nitrogens is 3. The largest absolute Gasteiger partial charge is 0.508 e. The van der Waals surface area contributed by atoms with Crippen molar-refractivity contribution in [2.45, 2.75) is 56.8 Å². The molecule has 4 fully saturated rings. The third kappa shape index (κ3) is 5.27. The predicted molar refractivity (Wildman–Crippen MR) is 170 cm³/mol. The van der Waals surface area contributed by atoms with Crippen LogP contribution in [0.2, 0.25) is 0 Å². The molecule has 2 N–H and O–H groups in total. The van der Waals surface area contributed by atoms with E-state index in [0.717, 1.165) is 45.2 Å². The van der Waals surface area contributed by atoms with Crippen molar-refractivity contribution in [3.8, 4) is 35.4 Å². The second-order valence-electron chi connectivity index (χ2n) is 13.5. The Hall–Kier alpha value is -4.14. The van der Waals surface area contributed by atoms with Gasteiger partial charge in [-0.05, 0) is 68.7 Å². The minimum atomic E-state index is -0.797. The molecule has 8 nitrogen and oxygen atoms in total. The summed E-state index contributed by atoms with van der Waals surface area (Å²) in [7, 11) is 0. The molecule has 2 aromatic heterocycles. The summed E-state index contributed by atoms with van der Waals surface area (Å²) in [6, 6.07) is 6.18. The highest BCUT2D eigenvalue weighted by atomic mass is 19.1. The van der Waals surface area contributed by atoms with Crippen LogP contribution in [-0.2, 0) is 0 Å². The lowest BCUT2D eigenvalue weighted by Crippen LogP contribution is -2.51. The van der Waals surface area contributed by atoms with Gasteiger partial charge in [-0.25, -0.2) is 13.2 Å². The number of rotatable bonds is 7. The van der Waals surface area contributed by atoms with Gasteiger partial charge < -0.3 is 20.1 Å². The fourth-order valence-corrected chi connectivity index (χ4v) is 7.60. The van der Waals surface area contributed by atoms with Gasteiger partial charge in [-0.2, -0.15) is 9.97 Å². The normalized spacial score (nSPS) is 24.0. The van der Waals surface area contributed by atoms with Gasteiger partial charge in [0.25, 0.3) is 0 Å². The van der Waals surface area contributed by atoms with Gasteiger partial charge in [0.1, 0.15) is 34.8 Å². The first kappa shape index (κ1) is 29.3. The number of halogens is 3. The van der Waals surface area contributed by atoms with Gasteiger partial charge in [-0.15, -0.1) is 6.42 Å². The van der Waals surface area contributed by atoms with Gasteiger partial charge in [-0.3, -0.25) is 9.88 Å². The lowest BCUT2D eigenvalue weighted by atomic mass is 9.96. The van der Waals surface area contributed by atoms with Crippen molar-refractivity contribution < 1.29 is 23.0 Å². The summed E-state index contributed by atoms with van der Waals surface area (Å²) in [5, 5.41) is 15.3. The molecule has 238 valence electrons. The molecule has 1 aliphatic carbocycles. The quantitative estimate of drug-likeness (QED) is 0.265.